The Morgan fingerprint density at radius 1 is 1.12 bits per heavy atom. The molecule has 90 valence electrons. The molecule has 0 saturated heterocycles. The minimum atomic E-state index is 0.137. The van der Waals surface area contributed by atoms with Gasteiger partial charge >= 0.3 is 0 Å². The fourth-order valence-electron chi connectivity index (χ4n) is 2.02. The molecule has 1 nitrogen and oxygen atoms in total. The van der Waals surface area contributed by atoms with Crippen molar-refractivity contribution in [2.75, 3.05) is 11.5 Å². The van der Waals surface area contributed by atoms with Crippen molar-refractivity contribution >= 4 is 22.5 Å². The number of fused-ring (bicyclic) bond motifs is 1. The number of hydrogen-bond donors (Lipinski definition) is 1. The molecule has 2 aromatic carbocycles. The summed E-state index contributed by atoms with van der Waals surface area (Å²) in [6.45, 7) is 2.20. The predicted molar refractivity (Wildman–Crippen MR) is 78.5 cm³/mol. The summed E-state index contributed by atoms with van der Waals surface area (Å²) >= 11 is 1.94. The molecule has 17 heavy (non-hydrogen) atoms. The van der Waals surface area contributed by atoms with Crippen LogP contribution in [0, 0.1) is 0 Å². The van der Waals surface area contributed by atoms with Crippen LogP contribution in [0.3, 0.4) is 0 Å². The van der Waals surface area contributed by atoms with Gasteiger partial charge in [-0.05, 0) is 28.5 Å². The molecule has 0 radical (unpaired) electrons. The Balaban J connectivity index is 2.22. The normalized spacial score (nSPS) is 12.8. The van der Waals surface area contributed by atoms with E-state index >= 15 is 0 Å². The second-order valence-corrected chi connectivity index (χ2v) is 5.40. The number of rotatable bonds is 5. The Morgan fingerprint density at radius 3 is 2.71 bits per heavy atom. The van der Waals surface area contributed by atoms with Crippen LogP contribution in [0.1, 0.15) is 24.9 Å². The Morgan fingerprint density at radius 2 is 1.88 bits per heavy atom. The van der Waals surface area contributed by atoms with Crippen LogP contribution < -0.4 is 5.73 Å². The van der Waals surface area contributed by atoms with E-state index in [-0.39, 0.29) is 6.04 Å². The first-order valence-electron chi connectivity index (χ1n) is 6.14. The lowest BCUT2D eigenvalue weighted by atomic mass is 10.0. The lowest BCUT2D eigenvalue weighted by Gasteiger charge is -2.14. The van der Waals surface area contributed by atoms with Crippen LogP contribution in [0.4, 0.5) is 0 Å². The summed E-state index contributed by atoms with van der Waals surface area (Å²) in [5.41, 5.74) is 7.55. The quantitative estimate of drug-likeness (QED) is 0.806. The van der Waals surface area contributed by atoms with E-state index in [0.29, 0.717) is 0 Å². The highest BCUT2D eigenvalue weighted by atomic mass is 32.2. The van der Waals surface area contributed by atoms with Gasteiger partial charge in [-0.25, -0.2) is 0 Å². The molecular weight excluding hydrogens is 226 g/mol. The third kappa shape index (κ3) is 3.02. The summed E-state index contributed by atoms with van der Waals surface area (Å²) in [7, 11) is 0. The van der Waals surface area contributed by atoms with Crippen molar-refractivity contribution in [2.24, 2.45) is 5.73 Å². The van der Waals surface area contributed by atoms with E-state index in [4.69, 9.17) is 5.73 Å². The molecule has 0 aliphatic carbocycles. The van der Waals surface area contributed by atoms with Crippen molar-refractivity contribution in [1.29, 1.82) is 0 Å². The van der Waals surface area contributed by atoms with Crippen LogP contribution in [0.15, 0.2) is 42.5 Å². The molecule has 0 fully saturated rings. The maximum Gasteiger partial charge on any atom is 0.0392 e. The van der Waals surface area contributed by atoms with Gasteiger partial charge in [-0.2, -0.15) is 11.8 Å². The van der Waals surface area contributed by atoms with Crippen LogP contribution in [0.25, 0.3) is 10.8 Å². The zero-order valence-electron chi connectivity index (χ0n) is 10.2. The van der Waals surface area contributed by atoms with Crippen molar-refractivity contribution in [2.45, 2.75) is 19.4 Å². The molecule has 0 aromatic heterocycles. The van der Waals surface area contributed by atoms with Gasteiger partial charge in [0.1, 0.15) is 0 Å². The van der Waals surface area contributed by atoms with E-state index in [2.05, 4.69) is 49.4 Å². The van der Waals surface area contributed by atoms with Gasteiger partial charge in [0.15, 0.2) is 0 Å². The summed E-state index contributed by atoms with van der Waals surface area (Å²) in [5.74, 6) is 2.19. The minimum Gasteiger partial charge on any atom is -0.323 e. The SMILES string of the molecule is CCCSCC(N)c1cccc2ccccc12. The Bertz CT molecular complexity index is 476. The molecule has 2 heteroatoms. The topological polar surface area (TPSA) is 26.0 Å². The smallest absolute Gasteiger partial charge is 0.0392 e. The largest absolute Gasteiger partial charge is 0.323 e. The van der Waals surface area contributed by atoms with Gasteiger partial charge in [0.2, 0.25) is 0 Å². The standard InChI is InChI=1S/C15H19NS/c1-2-10-17-11-15(16)14-9-5-7-12-6-3-4-8-13(12)14/h3-9,15H,2,10-11,16H2,1H3. The lowest BCUT2D eigenvalue weighted by molar-refractivity contribution is 0.839. The summed E-state index contributed by atoms with van der Waals surface area (Å²) in [6, 6.07) is 15.0. The molecule has 1 unspecified atom stereocenters. The third-order valence-corrected chi connectivity index (χ3v) is 4.16. The first-order valence-corrected chi connectivity index (χ1v) is 7.29. The Labute approximate surface area is 107 Å². The number of thioether (sulfide) groups is 1. The molecule has 1 atom stereocenters. The van der Waals surface area contributed by atoms with Gasteiger partial charge in [0.05, 0.1) is 0 Å². The number of nitrogens with two attached hydrogens (primary N) is 1. The monoisotopic (exact) mass is 245 g/mol. The van der Waals surface area contributed by atoms with Crippen molar-refractivity contribution < 1.29 is 0 Å². The van der Waals surface area contributed by atoms with Crippen molar-refractivity contribution in [1.82, 2.24) is 0 Å². The van der Waals surface area contributed by atoms with Gasteiger partial charge in [-0.15, -0.1) is 0 Å². The maximum atomic E-state index is 6.28. The predicted octanol–water partition coefficient (Wildman–Crippen LogP) is 3.98. The Hall–Kier alpha value is -0.990. The summed E-state index contributed by atoms with van der Waals surface area (Å²) < 4.78 is 0. The van der Waals surface area contributed by atoms with E-state index < -0.39 is 0 Å². The zero-order chi connectivity index (χ0) is 12.1. The van der Waals surface area contributed by atoms with Gasteiger partial charge < -0.3 is 5.73 Å². The molecule has 2 rings (SSSR count). The first kappa shape index (κ1) is 12.5. The van der Waals surface area contributed by atoms with Crippen LogP contribution in [-0.2, 0) is 0 Å². The van der Waals surface area contributed by atoms with Gasteiger partial charge in [0, 0.05) is 11.8 Å². The zero-order valence-corrected chi connectivity index (χ0v) is 11.0. The first-order chi connectivity index (χ1) is 8.33. The molecule has 0 aliphatic rings. The van der Waals surface area contributed by atoms with Crippen LogP contribution in [0.2, 0.25) is 0 Å². The second kappa shape index (κ2) is 6.08. The van der Waals surface area contributed by atoms with Gasteiger partial charge in [-0.3, -0.25) is 0 Å². The highest BCUT2D eigenvalue weighted by Gasteiger charge is 2.09. The van der Waals surface area contributed by atoms with E-state index in [0.717, 1.165) is 5.75 Å². The van der Waals surface area contributed by atoms with Gasteiger partial charge in [-0.1, -0.05) is 49.4 Å². The molecular formula is C15H19NS. The maximum absolute atomic E-state index is 6.28. The molecule has 0 saturated carbocycles. The van der Waals surface area contributed by atoms with Crippen LogP contribution >= 0.6 is 11.8 Å². The average Bonchev–Trinajstić information content (AvgIpc) is 2.38. The summed E-state index contributed by atoms with van der Waals surface area (Å²) in [4.78, 5) is 0. The second-order valence-electron chi connectivity index (χ2n) is 4.25. The summed E-state index contributed by atoms with van der Waals surface area (Å²) in [6.07, 6.45) is 1.22. The van der Waals surface area contributed by atoms with Crippen molar-refractivity contribution in [3.63, 3.8) is 0 Å². The van der Waals surface area contributed by atoms with Crippen LogP contribution in [0.5, 0.6) is 0 Å². The molecule has 0 amide bonds. The molecule has 0 spiro atoms. The number of hydrogen-bond acceptors (Lipinski definition) is 2. The lowest BCUT2D eigenvalue weighted by Crippen LogP contribution is -2.13. The highest BCUT2D eigenvalue weighted by molar-refractivity contribution is 7.99. The molecule has 0 bridgehead atoms. The fraction of sp³-hybridized carbons (Fsp3) is 0.333. The Kier molecular flexibility index (Phi) is 4.46. The highest BCUT2D eigenvalue weighted by Crippen LogP contribution is 2.25. The van der Waals surface area contributed by atoms with E-state index in [1.165, 1.54) is 28.5 Å². The third-order valence-electron chi connectivity index (χ3n) is 2.87. The minimum absolute atomic E-state index is 0.137. The molecule has 2 aromatic rings. The van der Waals surface area contributed by atoms with E-state index in [9.17, 15) is 0 Å². The van der Waals surface area contributed by atoms with E-state index in [1.807, 2.05) is 11.8 Å². The summed E-state index contributed by atoms with van der Waals surface area (Å²) in [5, 5.41) is 2.57. The molecule has 0 aliphatic heterocycles. The van der Waals surface area contributed by atoms with E-state index in [1.54, 1.807) is 0 Å². The van der Waals surface area contributed by atoms with Crippen LogP contribution in [-0.4, -0.2) is 11.5 Å². The van der Waals surface area contributed by atoms with Gasteiger partial charge in [0.25, 0.3) is 0 Å². The number of benzene rings is 2. The van der Waals surface area contributed by atoms with Crippen molar-refractivity contribution in [3.8, 4) is 0 Å². The molecule has 0 heterocycles. The fourth-order valence-corrected chi connectivity index (χ4v) is 2.91. The van der Waals surface area contributed by atoms with Crippen molar-refractivity contribution in [3.05, 3.63) is 48.0 Å². The average molecular weight is 245 g/mol. The molecule has 2 N–H and O–H groups in total.